The molecule has 0 bridgehead atoms. The summed E-state index contributed by atoms with van der Waals surface area (Å²) in [6.07, 6.45) is -0.247. The minimum absolute atomic E-state index is 0.124. The van der Waals surface area contributed by atoms with E-state index in [1.807, 2.05) is 31.2 Å². The number of hydrogen-bond donors (Lipinski definition) is 0. The maximum Gasteiger partial charge on any atom is 0.336 e. The van der Waals surface area contributed by atoms with Crippen LogP contribution in [0.15, 0.2) is 63.8 Å². The molecular formula is C22H21NO6. The van der Waals surface area contributed by atoms with E-state index in [1.54, 1.807) is 29.2 Å². The maximum absolute atomic E-state index is 12.6. The summed E-state index contributed by atoms with van der Waals surface area (Å²) >= 11 is 0. The van der Waals surface area contributed by atoms with E-state index in [4.69, 9.17) is 18.6 Å². The lowest BCUT2D eigenvalue weighted by atomic mass is 10.2. The molecule has 1 atom stereocenters. The van der Waals surface area contributed by atoms with Gasteiger partial charge in [0.05, 0.1) is 6.54 Å². The predicted molar refractivity (Wildman–Crippen MR) is 107 cm³/mol. The van der Waals surface area contributed by atoms with Crippen molar-refractivity contribution in [3.05, 3.63) is 65.0 Å². The molecule has 1 aliphatic rings. The summed E-state index contributed by atoms with van der Waals surface area (Å²) in [5, 5.41) is 0.785. The molecule has 0 N–H and O–H groups in total. The van der Waals surface area contributed by atoms with Crippen molar-refractivity contribution < 1.29 is 23.4 Å². The molecule has 2 heterocycles. The van der Waals surface area contributed by atoms with Crippen LogP contribution in [0.2, 0.25) is 0 Å². The molecule has 7 heteroatoms. The number of fused-ring (bicyclic) bond motifs is 2. The SMILES string of the molecule is CCN(CC1COc2ccccc2O1)C(=O)COc1ccc2ccc(=O)oc2c1. The molecule has 150 valence electrons. The lowest BCUT2D eigenvalue weighted by Gasteiger charge is -2.30. The fourth-order valence-electron chi connectivity index (χ4n) is 3.17. The van der Waals surface area contributed by atoms with Gasteiger partial charge in [-0.25, -0.2) is 4.79 Å². The van der Waals surface area contributed by atoms with E-state index in [1.165, 1.54) is 6.07 Å². The largest absolute Gasteiger partial charge is 0.486 e. The van der Waals surface area contributed by atoms with E-state index in [0.717, 1.165) is 5.39 Å². The Morgan fingerprint density at radius 1 is 1.14 bits per heavy atom. The van der Waals surface area contributed by atoms with Gasteiger partial charge in [0, 0.05) is 24.1 Å². The summed E-state index contributed by atoms with van der Waals surface area (Å²) in [7, 11) is 0. The zero-order chi connectivity index (χ0) is 20.2. The summed E-state index contributed by atoms with van der Waals surface area (Å²) in [5.41, 5.74) is -0.0135. The first kappa shape index (κ1) is 18.9. The smallest absolute Gasteiger partial charge is 0.336 e. The molecule has 2 aromatic carbocycles. The molecule has 4 rings (SSSR count). The fourth-order valence-corrected chi connectivity index (χ4v) is 3.17. The van der Waals surface area contributed by atoms with E-state index < -0.39 is 5.63 Å². The molecular weight excluding hydrogens is 374 g/mol. The second-order valence-electron chi connectivity index (χ2n) is 6.67. The van der Waals surface area contributed by atoms with Gasteiger partial charge < -0.3 is 23.5 Å². The second-order valence-corrected chi connectivity index (χ2v) is 6.67. The highest BCUT2D eigenvalue weighted by molar-refractivity contribution is 5.79. The van der Waals surface area contributed by atoms with Gasteiger partial charge in [0.15, 0.2) is 24.2 Å². The Hall–Kier alpha value is -3.48. The number of benzene rings is 2. The van der Waals surface area contributed by atoms with Crippen LogP contribution in [0, 0.1) is 0 Å². The standard InChI is InChI=1S/C22H21NO6/c1-2-23(12-17-13-27-18-5-3-4-6-19(18)28-17)21(24)14-26-16-9-7-15-8-10-22(25)29-20(15)11-16/h3-11,17H,2,12-14H2,1H3. The monoisotopic (exact) mass is 395 g/mol. The van der Waals surface area contributed by atoms with Crippen LogP contribution in [0.1, 0.15) is 6.92 Å². The topological polar surface area (TPSA) is 78.2 Å². The minimum Gasteiger partial charge on any atom is -0.486 e. The number of carbonyl (C=O) groups is 1. The molecule has 1 amide bonds. The number of ether oxygens (including phenoxy) is 3. The number of para-hydroxylation sites is 2. The third-order valence-electron chi connectivity index (χ3n) is 4.68. The molecule has 29 heavy (non-hydrogen) atoms. The fraction of sp³-hybridized carbons (Fsp3) is 0.273. The Morgan fingerprint density at radius 2 is 1.93 bits per heavy atom. The van der Waals surface area contributed by atoms with Crippen LogP contribution in [0.5, 0.6) is 17.2 Å². The first-order chi connectivity index (χ1) is 14.1. The van der Waals surface area contributed by atoms with E-state index in [9.17, 15) is 9.59 Å². The summed E-state index contributed by atoms with van der Waals surface area (Å²) in [6.45, 7) is 3.09. The van der Waals surface area contributed by atoms with Gasteiger partial charge in [0.25, 0.3) is 5.91 Å². The summed E-state index contributed by atoms with van der Waals surface area (Å²) in [6, 6.07) is 15.6. The maximum atomic E-state index is 12.6. The molecule has 7 nitrogen and oxygen atoms in total. The number of likely N-dealkylation sites (N-methyl/N-ethyl adjacent to an activating group) is 1. The van der Waals surface area contributed by atoms with Gasteiger partial charge in [-0.1, -0.05) is 12.1 Å². The van der Waals surface area contributed by atoms with Gasteiger partial charge in [-0.3, -0.25) is 4.79 Å². The van der Waals surface area contributed by atoms with E-state index >= 15 is 0 Å². The van der Waals surface area contributed by atoms with Gasteiger partial charge in [-0.05, 0) is 37.3 Å². The number of hydrogen-bond acceptors (Lipinski definition) is 6. The van der Waals surface area contributed by atoms with Gasteiger partial charge >= 0.3 is 5.63 Å². The molecule has 0 spiro atoms. The molecule has 0 fully saturated rings. The molecule has 3 aromatic rings. The average molecular weight is 395 g/mol. The third kappa shape index (κ3) is 4.34. The van der Waals surface area contributed by atoms with Crippen LogP contribution in [-0.2, 0) is 4.79 Å². The normalized spacial score (nSPS) is 15.1. The first-order valence-electron chi connectivity index (χ1n) is 9.45. The number of rotatable bonds is 6. The Kier molecular flexibility index (Phi) is 5.37. The number of amides is 1. The zero-order valence-corrected chi connectivity index (χ0v) is 16.0. The lowest BCUT2D eigenvalue weighted by Crippen LogP contribution is -2.45. The van der Waals surface area contributed by atoms with Crippen molar-refractivity contribution in [1.82, 2.24) is 4.90 Å². The summed E-state index contributed by atoms with van der Waals surface area (Å²) in [5.74, 6) is 1.69. The van der Waals surface area contributed by atoms with Gasteiger partial charge in [0.2, 0.25) is 0 Å². The Morgan fingerprint density at radius 3 is 2.76 bits per heavy atom. The Labute approximate surface area is 167 Å². The van der Waals surface area contributed by atoms with Crippen LogP contribution in [0.25, 0.3) is 11.0 Å². The second kappa shape index (κ2) is 8.26. The van der Waals surface area contributed by atoms with Crippen LogP contribution in [-0.4, -0.2) is 43.2 Å². The molecule has 0 radical (unpaired) electrons. The first-order valence-corrected chi connectivity index (χ1v) is 9.45. The molecule has 1 unspecified atom stereocenters. The Bertz CT molecular complexity index is 1080. The molecule has 1 aliphatic heterocycles. The van der Waals surface area contributed by atoms with E-state index in [-0.39, 0.29) is 18.6 Å². The van der Waals surface area contributed by atoms with Crippen molar-refractivity contribution >= 4 is 16.9 Å². The number of nitrogens with zero attached hydrogens (tertiary/aromatic N) is 1. The van der Waals surface area contributed by atoms with Crippen molar-refractivity contribution in [2.24, 2.45) is 0 Å². The van der Waals surface area contributed by atoms with Crippen molar-refractivity contribution in [3.63, 3.8) is 0 Å². The van der Waals surface area contributed by atoms with Crippen molar-refractivity contribution in [2.75, 3.05) is 26.3 Å². The van der Waals surface area contributed by atoms with Gasteiger partial charge in [0.1, 0.15) is 17.9 Å². The van der Waals surface area contributed by atoms with Crippen LogP contribution in [0.3, 0.4) is 0 Å². The van der Waals surface area contributed by atoms with Crippen molar-refractivity contribution in [1.29, 1.82) is 0 Å². The minimum atomic E-state index is -0.431. The van der Waals surface area contributed by atoms with Crippen molar-refractivity contribution in [2.45, 2.75) is 13.0 Å². The van der Waals surface area contributed by atoms with E-state index in [2.05, 4.69) is 0 Å². The summed E-state index contributed by atoms with van der Waals surface area (Å²) < 4.78 is 22.4. The van der Waals surface area contributed by atoms with Gasteiger partial charge in [-0.2, -0.15) is 0 Å². The predicted octanol–water partition coefficient (Wildman–Crippen LogP) is 2.86. The molecule has 0 aliphatic carbocycles. The highest BCUT2D eigenvalue weighted by Gasteiger charge is 2.25. The average Bonchev–Trinajstić information content (AvgIpc) is 2.75. The third-order valence-corrected chi connectivity index (χ3v) is 4.68. The molecule has 0 saturated carbocycles. The molecule has 1 aromatic heterocycles. The van der Waals surface area contributed by atoms with Crippen LogP contribution in [0.4, 0.5) is 0 Å². The van der Waals surface area contributed by atoms with E-state index in [0.29, 0.717) is 42.5 Å². The van der Waals surface area contributed by atoms with Crippen molar-refractivity contribution in [3.8, 4) is 17.2 Å². The highest BCUT2D eigenvalue weighted by atomic mass is 16.6. The zero-order valence-electron chi connectivity index (χ0n) is 16.0. The molecule has 0 saturated heterocycles. The van der Waals surface area contributed by atoms with Crippen LogP contribution >= 0.6 is 0 Å². The quantitative estimate of drug-likeness (QED) is 0.598. The Balaban J connectivity index is 1.36. The lowest BCUT2D eigenvalue weighted by molar-refractivity contribution is -0.134. The number of carbonyl (C=O) groups excluding carboxylic acids is 1. The highest BCUT2D eigenvalue weighted by Crippen LogP contribution is 2.31. The van der Waals surface area contributed by atoms with Crippen LogP contribution < -0.4 is 19.8 Å². The van der Waals surface area contributed by atoms with Gasteiger partial charge in [-0.15, -0.1) is 0 Å². The summed E-state index contributed by atoms with van der Waals surface area (Å²) in [4.78, 5) is 25.7.